The van der Waals surface area contributed by atoms with Crippen molar-refractivity contribution in [3.05, 3.63) is 46.3 Å². The van der Waals surface area contributed by atoms with Crippen LogP contribution in [-0.2, 0) is 4.18 Å². The van der Waals surface area contributed by atoms with Crippen molar-refractivity contribution in [1.82, 2.24) is 19.9 Å². The van der Waals surface area contributed by atoms with E-state index < -0.39 is 28.3 Å². The van der Waals surface area contributed by atoms with Crippen molar-refractivity contribution in [2.24, 2.45) is 5.41 Å². The van der Waals surface area contributed by atoms with Gasteiger partial charge in [0.2, 0.25) is 4.27 Å². The monoisotopic (exact) mass is 724 g/mol. The molecule has 0 saturated heterocycles. The van der Waals surface area contributed by atoms with Crippen molar-refractivity contribution in [3.63, 3.8) is 0 Å². The smallest absolute Gasteiger partial charge is 0.208 e. The highest BCUT2D eigenvalue weighted by molar-refractivity contribution is 8.86. The zero-order valence-corrected chi connectivity index (χ0v) is 27.8. The van der Waals surface area contributed by atoms with Crippen LogP contribution >= 0.6 is 132 Å². The molecule has 37 heavy (non-hydrogen) atoms. The fraction of sp³-hybridized carbons (Fsp3) is 0.294. The maximum Gasteiger partial charge on any atom is 0.208 e. The van der Waals surface area contributed by atoms with Gasteiger partial charge >= 0.3 is 0 Å². The summed E-state index contributed by atoms with van der Waals surface area (Å²) >= 11 is 6.95. The summed E-state index contributed by atoms with van der Waals surface area (Å²) in [7, 11) is 9.03. The summed E-state index contributed by atoms with van der Waals surface area (Å²) in [4.78, 5) is 17.2. The van der Waals surface area contributed by atoms with E-state index in [1.165, 1.54) is 110 Å². The van der Waals surface area contributed by atoms with Crippen LogP contribution in [0.3, 0.4) is 0 Å². The third-order valence-electron chi connectivity index (χ3n) is 4.19. The quantitative estimate of drug-likeness (QED) is 0.0567. The molecule has 0 aliphatic rings. The number of aromatic nitrogens is 4. The van der Waals surface area contributed by atoms with E-state index >= 15 is 0 Å². The van der Waals surface area contributed by atoms with Crippen molar-refractivity contribution in [2.45, 2.75) is 27.1 Å². The van der Waals surface area contributed by atoms with E-state index in [-0.39, 0.29) is 0 Å². The predicted octanol–water partition coefficient (Wildman–Crippen LogP) is 7.45. The fourth-order valence-electron chi connectivity index (χ4n) is 2.30. The Labute approximate surface area is 260 Å². The molecule has 0 bridgehead atoms. The molecule has 0 spiro atoms. The molecule has 1 unspecified atom stereocenters. The van der Waals surface area contributed by atoms with Gasteiger partial charge in [-0.05, 0) is 54.0 Å². The van der Waals surface area contributed by atoms with E-state index in [0.717, 1.165) is 39.2 Å². The molecule has 0 saturated carbocycles. The molecule has 200 valence electrons. The summed E-state index contributed by atoms with van der Waals surface area (Å²) in [5.74, 6) is 0. The molecule has 1 atom stereocenters. The highest BCUT2D eigenvalue weighted by Gasteiger charge is 2.60. The number of hydrogen-bond acceptors (Lipinski definition) is 20. The molecule has 0 aliphatic carbocycles. The van der Waals surface area contributed by atoms with Crippen molar-refractivity contribution < 1.29 is 19.5 Å². The first-order chi connectivity index (χ1) is 18.1. The standard InChI is InChI=1S/C17H16N4O4S12/c22-9-16(10-23,11(24)30-31-12-18-1-5-26-12)17(35-32-13-19-2-6-27-13,36-33-14-20-3-7-28-14)25-37-34-15-21-4-8-29-15/h1-8,11,22-24H,9-10H2. The second-order valence-corrected chi connectivity index (χ2v) is 19.8. The topological polar surface area (TPSA) is 121 Å². The Bertz CT molecular complexity index is 1090. The lowest BCUT2D eigenvalue weighted by molar-refractivity contribution is -0.0591. The van der Waals surface area contributed by atoms with E-state index in [9.17, 15) is 15.3 Å². The number of nitrogens with zero attached hydrogens (tertiary/aromatic N) is 4. The molecule has 0 fully saturated rings. The van der Waals surface area contributed by atoms with Crippen LogP contribution in [0, 0.1) is 5.41 Å². The first-order valence-electron chi connectivity index (χ1n) is 9.65. The van der Waals surface area contributed by atoms with Gasteiger partial charge in [-0.1, -0.05) is 10.8 Å². The van der Waals surface area contributed by atoms with Crippen molar-refractivity contribution in [1.29, 1.82) is 0 Å². The number of thiazole rings is 4. The first-order valence-corrected chi connectivity index (χ1v) is 21.8. The van der Waals surface area contributed by atoms with Crippen LogP contribution < -0.4 is 0 Å². The summed E-state index contributed by atoms with van der Waals surface area (Å²) < 4.78 is 8.21. The molecule has 0 aliphatic heterocycles. The van der Waals surface area contributed by atoms with Gasteiger partial charge < -0.3 is 15.3 Å². The number of rotatable bonds is 17. The number of aliphatic hydroxyl groups is 3. The van der Waals surface area contributed by atoms with Crippen LogP contribution in [0.5, 0.6) is 0 Å². The highest BCUT2D eigenvalue weighted by atomic mass is 33.1. The third kappa shape index (κ3) is 8.35. The number of hydrogen-bond donors (Lipinski definition) is 3. The zero-order chi connectivity index (χ0) is 26.0. The molecule has 0 amide bonds. The normalized spacial score (nSPS) is 13.3. The fourth-order valence-corrected chi connectivity index (χ4v) is 17.6. The molecular formula is C17H16N4O4S12. The van der Waals surface area contributed by atoms with Gasteiger partial charge in [-0.2, -0.15) is 0 Å². The van der Waals surface area contributed by atoms with Gasteiger partial charge in [0.15, 0.2) is 17.4 Å². The van der Waals surface area contributed by atoms with Gasteiger partial charge in [-0.25, -0.2) is 19.9 Å². The van der Waals surface area contributed by atoms with Gasteiger partial charge in [0.25, 0.3) is 0 Å². The lowest BCUT2D eigenvalue weighted by atomic mass is 9.91. The first kappa shape index (κ1) is 31.1. The minimum Gasteiger partial charge on any atom is -0.395 e. The lowest BCUT2D eigenvalue weighted by Crippen LogP contribution is -2.55. The molecule has 4 rings (SSSR count). The largest absolute Gasteiger partial charge is 0.395 e. The molecule has 0 radical (unpaired) electrons. The van der Waals surface area contributed by atoms with Crippen LogP contribution in [0.4, 0.5) is 0 Å². The van der Waals surface area contributed by atoms with Crippen LogP contribution in [0.25, 0.3) is 0 Å². The van der Waals surface area contributed by atoms with E-state index in [0.29, 0.717) is 0 Å². The summed E-state index contributed by atoms with van der Waals surface area (Å²) in [5, 5.41) is 40.6. The Morgan fingerprint density at radius 3 is 1.54 bits per heavy atom. The number of aliphatic hydroxyl groups excluding tert-OH is 3. The highest BCUT2D eigenvalue weighted by Crippen LogP contribution is 2.66. The second-order valence-electron chi connectivity index (χ2n) is 6.32. The minimum atomic E-state index is -1.51. The summed E-state index contributed by atoms with van der Waals surface area (Å²) in [6.45, 7) is -1.09. The molecule has 20 heteroatoms. The Hall–Kier alpha value is 1.16. The van der Waals surface area contributed by atoms with Gasteiger partial charge in [-0.15, -0.1) is 45.3 Å². The van der Waals surface area contributed by atoms with Crippen LogP contribution in [-0.4, -0.2) is 58.2 Å². The van der Waals surface area contributed by atoms with Crippen LogP contribution in [0.1, 0.15) is 0 Å². The van der Waals surface area contributed by atoms with E-state index in [4.69, 9.17) is 4.18 Å². The Balaban J connectivity index is 1.65. The molecule has 0 aromatic carbocycles. The Morgan fingerprint density at radius 1 is 0.703 bits per heavy atom. The van der Waals surface area contributed by atoms with E-state index in [1.807, 2.05) is 21.5 Å². The Kier molecular flexibility index (Phi) is 13.4. The Morgan fingerprint density at radius 2 is 1.14 bits per heavy atom. The third-order valence-corrected chi connectivity index (χ3v) is 20.0. The molecule has 4 aromatic rings. The van der Waals surface area contributed by atoms with Gasteiger partial charge in [0.05, 0.1) is 24.3 Å². The molecule has 4 heterocycles. The summed E-state index contributed by atoms with van der Waals surface area (Å²) in [6.07, 6.45) is 6.82. The SMILES string of the molecule is OCC(CO)(C(O)SSc1nccs1)C(OSSc1nccs1)(SSc1nccs1)SSc1nccs1. The lowest BCUT2D eigenvalue weighted by Gasteiger charge is -2.46. The molecule has 3 N–H and O–H groups in total. The van der Waals surface area contributed by atoms with Gasteiger partial charge in [-0.3, -0.25) is 4.18 Å². The predicted molar refractivity (Wildman–Crippen MR) is 169 cm³/mol. The van der Waals surface area contributed by atoms with Crippen LogP contribution in [0.15, 0.2) is 63.7 Å². The summed E-state index contributed by atoms with van der Waals surface area (Å²) in [5.41, 5.74) is -2.74. The van der Waals surface area contributed by atoms with Gasteiger partial charge in [0.1, 0.15) is 10.9 Å². The average molecular weight is 725 g/mol. The second kappa shape index (κ2) is 16.0. The zero-order valence-electron chi connectivity index (χ0n) is 18.0. The van der Waals surface area contributed by atoms with E-state index in [2.05, 4.69) is 19.9 Å². The van der Waals surface area contributed by atoms with E-state index in [1.54, 1.807) is 24.8 Å². The van der Waals surface area contributed by atoms with Gasteiger partial charge in [0, 0.05) is 57.1 Å². The molecule has 8 nitrogen and oxygen atoms in total. The average Bonchev–Trinajstić information content (AvgIpc) is 3.74. The maximum absolute atomic E-state index is 11.5. The molecular weight excluding hydrogens is 709 g/mol. The molecule has 4 aromatic heterocycles. The van der Waals surface area contributed by atoms with Crippen molar-refractivity contribution >= 4 is 132 Å². The maximum atomic E-state index is 11.5. The van der Waals surface area contributed by atoms with Crippen LogP contribution in [0.2, 0.25) is 0 Å². The van der Waals surface area contributed by atoms with Crippen molar-refractivity contribution in [2.75, 3.05) is 13.2 Å². The minimum absolute atomic E-state index is 0.546. The van der Waals surface area contributed by atoms with Crippen molar-refractivity contribution in [3.8, 4) is 0 Å². The summed E-state index contributed by atoms with van der Waals surface area (Å²) in [6, 6.07) is 0.